The molecule has 0 aromatic carbocycles. The molecule has 0 aromatic rings. The molecular weight excluding hydrogens is 180 g/mol. The molecule has 1 rings (SSSR count). The molecule has 82 valence electrons. The Morgan fingerprint density at radius 1 is 1.57 bits per heavy atom. The summed E-state index contributed by atoms with van der Waals surface area (Å²) in [5.41, 5.74) is 0. The molecule has 1 saturated heterocycles. The second-order valence-electron chi connectivity index (χ2n) is 3.82. The summed E-state index contributed by atoms with van der Waals surface area (Å²) in [6.45, 7) is 9.22. The van der Waals surface area contributed by atoms with E-state index in [1.165, 1.54) is 0 Å². The Labute approximate surface area is 85.6 Å². The third kappa shape index (κ3) is 2.45. The van der Waals surface area contributed by atoms with E-state index in [0.717, 1.165) is 0 Å². The highest BCUT2D eigenvalue weighted by atomic mass is 16.5. The van der Waals surface area contributed by atoms with Crippen LogP contribution in [0, 0.1) is 0 Å². The van der Waals surface area contributed by atoms with Crippen LogP contribution >= 0.6 is 0 Å². The minimum absolute atomic E-state index is 0.0566. The van der Waals surface area contributed by atoms with E-state index in [9.17, 15) is 4.79 Å². The fourth-order valence-electron chi connectivity index (χ4n) is 1.82. The van der Waals surface area contributed by atoms with Crippen LogP contribution in [0.2, 0.25) is 0 Å². The van der Waals surface area contributed by atoms with Crippen LogP contribution in [0.4, 0.5) is 0 Å². The maximum atomic E-state index is 11.7. The summed E-state index contributed by atoms with van der Waals surface area (Å²) < 4.78 is 5.41. The number of nitrogens with one attached hydrogen (secondary N) is 1. The van der Waals surface area contributed by atoms with Gasteiger partial charge in [0.15, 0.2) is 0 Å². The maximum Gasteiger partial charge on any atom is 0.240 e. The highest BCUT2D eigenvalue weighted by Crippen LogP contribution is 2.11. The molecule has 3 atom stereocenters. The molecule has 1 aliphatic heterocycles. The lowest BCUT2D eigenvalue weighted by molar-refractivity contribution is -0.131. The van der Waals surface area contributed by atoms with Crippen molar-refractivity contribution in [3.63, 3.8) is 0 Å². The van der Waals surface area contributed by atoms with Gasteiger partial charge in [0.1, 0.15) is 0 Å². The van der Waals surface area contributed by atoms with Gasteiger partial charge in [-0.25, -0.2) is 0 Å². The van der Waals surface area contributed by atoms with Gasteiger partial charge in [0.05, 0.1) is 18.3 Å². The summed E-state index contributed by atoms with van der Waals surface area (Å²) in [6, 6.07) is -0.0566. The largest absolute Gasteiger partial charge is 0.377 e. The molecular formula is C10H20N2O2. The lowest BCUT2D eigenvalue weighted by atomic mass is 10.3. The Morgan fingerprint density at radius 3 is 2.64 bits per heavy atom. The van der Waals surface area contributed by atoms with Gasteiger partial charge in [0.2, 0.25) is 5.91 Å². The Bertz CT molecular complexity index is 208. The Balaban J connectivity index is 2.47. The molecule has 4 nitrogen and oxygen atoms in total. The molecule has 3 unspecified atom stereocenters. The van der Waals surface area contributed by atoms with Crippen molar-refractivity contribution in [3.8, 4) is 0 Å². The van der Waals surface area contributed by atoms with Crippen molar-refractivity contribution in [3.05, 3.63) is 0 Å². The third-order valence-electron chi connectivity index (χ3n) is 2.52. The summed E-state index contributed by atoms with van der Waals surface area (Å²) in [5.74, 6) is 0.170. The van der Waals surface area contributed by atoms with Gasteiger partial charge in [0.25, 0.3) is 0 Å². The van der Waals surface area contributed by atoms with E-state index in [0.29, 0.717) is 13.2 Å². The van der Waals surface area contributed by atoms with Crippen molar-refractivity contribution in [2.75, 3.05) is 13.2 Å². The van der Waals surface area contributed by atoms with E-state index in [1.807, 2.05) is 32.6 Å². The molecule has 0 radical (unpaired) electrons. The number of nitrogens with zero attached hydrogens (tertiary/aromatic N) is 1. The molecule has 1 aliphatic rings. The van der Waals surface area contributed by atoms with Crippen molar-refractivity contribution in [2.24, 2.45) is 0 Å². The molecule has 1 fully saturated rings. The zero-order valence-corrected chi connectivity index (χ0v) is 9.41. The molecule has 0 spiro atoms. The van der Waals surface area contributed by atoms with Crippen LogP contribution in [0.5, 0.6) is 0 Å². The molecule has 0 aromatic heterocycles. The van der Waals surface area contributed by atoms with E-state index in [-0.39, 0.29) is 24.2 Å². The SMILES string of the molecule is CCOC(C)CN1C(=O)C(C)NC1C. The van der Waals surface area contributed by atoms with Crippen LogP contribution in [0.25, 0.3) is 0 Å². The fraction of sp³-hybridized carbons (Fsp3) is 0.900. The highest BCUT2D eigenvalue weighted by Gasteiger charge is 2.33. The van der Waals surface area contributed by atoms with Gasteiger partial charge in [-0.05, 0) is 27.7 Å². The van der Waals surface area contributed by atoms with Gasteiger partial charge in [-0.3, -0.25) is 10.1 Å². The second-order valence-corrected chi connectivity index (χ2v) is 3.82. The van der Waals surface area contributed by atoms with E-state index in [4.69, 9.17) is 4.74 Å². The molecule has 4 heteroatoms. The monoisotopic (exact) mass is 200 g/mol. The first-order valence-corrected chi connectivity index (χ1v) is 5.24. The standard InChI is InChI=1S/C10H20N2O2/c1-5-14-7(2)6-12-9(4)11-8(3)10(12)13/h7-9,11H,5-6H2,1-4H3. The van der Waals surface area contributed by atoms with Gasteiger partial charge >= 0.3 is 0 Å². The van der Waals surface area contributed by atoms with Crippen LogP contribution in [-0.2, 0) is 9.53 Å². The topological polar surface area (TPSA) is 41.6 Å². The van der Waals surface area contributed by atoms with Crippen molar-refractivity contribution in [1.82, 2.24) is 10.2 Å². The number of carbonyl (C=O) groups is 1. The quantitative estimate of drug-likeness (QED) is 0.721. The van der Waals surface area contributed by atoms with E-state index < -0.39 is 0 Å². The number of amides is 1. The molecule has 1 heterocycles. The van der Waals surface area contributed by atoms with Crippen molar-refractivity contribution in [1.29, 1.82) is 0 Å². The summed E-state index contributed by atoms with van der Waals surface area (Å²) in [7, 11) is 0. The first-order chi connectivity index (χ1) is 6.56. The van der Waals surface area contributed by atoms with Crippen molar-refractivity contribution >= 4 is 5.91 Å². The van der Waals surface area contributed by atoms with E-state index in [1.54, 1.807) is 0 Å². The van der Waals surface area contributed by atoms with Crippen molar-refractivity contribution < 1.29 is 9.53 Å². The number of ether oxygens (including phenoxy) is 1. The first kappa shape index (κ1) is 11.5. The minimum atomic E-state index is -0.0566. The number of rotatable bonds is 4. The molecule has 14 heavy (non-hydrogen) atoms. The summed E-state index contributed by atoms with van der Waals surface area (Å²) >= 11 is 0. The van der Waals surface area contributed by atoms with Gasteiger partial charge < -0.3 is 9.64 Å². The average Bonchev–Trinajstić information content (AvgIpc) is 2.33. The Kier molecular flexibility index (Phi) is 3.89. The molecule has 0 bridgehead atoms. The summed E-state index contributed by atoms with van der Waals surface area (Å²) in [5, 5.41) is 3.18. The van der Waals surface area contributed by atoms with Crippen LogP contribution in [-0.4, -0.2) is 42.3 Å². The Hall–Kier alpha value is -0.610. The smallest absolute Gasteiger partial charge is 0.240 e. The van der Waals surface area contributed by atoms with Crippen molar-refractivity contribution in [2.45, 2.75) is 46.0 Å². The summed E-state index contributed by atoms with van der Waals surface area (Å²) in [4.78, 5) is 13.5. The Morgan fingerprint density at radius 2 is 2.21 bits per heavy atom. The highest BCUT2D eigenvalue weighted by molar-refractivity contribution is 5.83. The minimum Gasteiger partial charge on any atom is -0.377 e. The molecule has 0 aliphatic carbocycles. The zero-order valence-electron chi connectivity index (χ0n) is 9.41. The predicted molar refractivity (Wildman–Crippen MR) is 54.9 cm³/mol. The first-order valence-electron chi connectivity index (χ1n) is 5.24. The normalized spacial score (nSPS) is 29.7. The van der Waals surface area contributed by atoms with Crippen LogP contribution in [0.1, 0.15) is 27.7 Å². The number of carbonyl (C=O) groups excluding carboxylic acids is 1. The van der Waals surface area contributed by atoms with E-state index >= 15 is 0 Å². The van der Waals surface area contributed by atoms with Gasteiger partial charge in [-0.15, -0.1) is 0 Å². The van der Waals surface area contributed by atoms with E-state index in [2.05, 4.69) is 5.32 Å². The molecule has 0 saturated carbocycles. The van der Waals surface area contributed by atoms with Gasteiger partial charge in [-0.2, -0.15) is 0 Å². The predicted octanol–water partition coefficient (Wildman–Crippen LogP) is 0.578. The average molecular weight is 200 g/mol. The van der Waals surface area contributed by atoms with Gasteiger partial charge in [-0.1, -0.05) is 0 Å². The third-order valence-corrected chi connectivity index (χ3v) is 2.52. The van der Waals surface area contributed by atoms with Gasteiger partial charge in [0, 0.05) is 13.2 Å². The fourth-order valence-corrected chi connectivity index (χ4v) is 1.82. The molecule has 1 N–H and O–H groups in total. The number of hydrogen-bond acceptors (Lipinski definition) is 3. The zero-order chi connectivity index (χ0) is 10.7. The van der Waals surface area contributed by atoms with Crippen LogP contribution in [0.15, 0.2) is 0 Å². The van der Waals surface area contributed by atoms with Crippen LogP contribution in [0.3, 0.4) is 0 Å². The molecule has 1 amide bonds. The maximum absolute atomic E-state index is 11.7. The number of hydrogen-bond donors (Lipinski definition) is 1. The lowest BCUT2D eigenvalue weighted by Gasteiger charge is -2.24. The van der Waals surface area contributed by atoms with Crippen LogP contribution < -0.4 is 5.32 Å². The lowest BCUT2D eigenvalue weighted by Crippen LogP contribution is -2.40. The summed E-state index contributed by atoms with van der Waals surface area (Å²) in [6.07, 6.45) is 0.235. The second kappa shape index (κ2) is 4.75.